The molecule has 2 rings (SSSR count). The number of anilines is 1. The minimum atomic E-state index is -0.196. The van der Waals surface area contributed by atoms with Crippen LogP contribution in [0.15, 0.2) is 42.5 Å². The molecule has 118 valence electrons. The lowest BCUT2D eigenvalue weighted by Gasteiger charge is -2.13. The molecule has 0 aromatic heterocycles. The van der Waals surface area contributed by atoms with Crippen molar-refractivity contribution in [3.63, 3.8) is 0 Å². The van der Waals surface area contributed by atoms with Crippen molar-refractivity contribution in [2.24, 2.45) is 0 Å². The Morgan fingerprint density at radius 1 is 1.22 bits per heavy atom. The van der Waals surface area contributed by atoms with Gasteiger partial charge >= 0.3 is 0 Å². The van der Waals surface area contributed by atoms with Crippen LogP contribution in [0.5, 0.6) is 0 Å². The third-order valence-electron chi connectivity index (χ3n) is 3.54. The van der Waals surface area contributed by atoms with E-state index in [0.29, 0.717) is 17.7 Å². The normalized spacial score (nSPS) is 9.96. The summed E-state index contributed by atoms with van der Waals surface area (Å²) in [6, 6.07) is 15.0. The van der Waals surface area contributed by atoms with Gasteiger partial charge in [-0.2, -0.15) is 5.26 Å². The maximum Gasteiger partial charge on any atom is 0.251 e. The average molecular weight is 309 g/mol. The van der Waals surface area contributed by atoms with Crippen molar-refractivity contribution in [1.82, 2.24) is 5.32 Å². The number of nitrogens with one attached hydrogen (secondary N) is 2. The number of amides is 1. The van der Waals surface area contributed by atoms with Crippen LogP contribution >= 0.6 is 0 Å². The van der Waals surface area contributed by atoms with Crippen molar-refractivity contribution in [2.45, 2.75) is 13.5 Å². The molecule has 5 nitrogen and oxygen atoms in total. The molecule has 0 aliphatic heterocycles. The number of aliphatic hydroxyl groups is 1. The van der Waals surface area contributed by atoms with Crippen LogP contribution in [0.3, 0.4) is 0 Å². The zero-order chi connectivity index (χ0) is 16.7. The number of aliphatic hydroxyl groups excluding tert-OH is 1. The molecular weight excluding hydrogens is 290 g/mol. The van der Waals surface area contributed by atoms with E-state index in [1.165, 1.54) is 0 Å². The molecule has 0 bridgehead atoms. The first-order chi connectivity index (χ1) is 11.2. The lowest BCUT2D eigenvalue weighted by Crippen LogP contribution is -2.27. The van der Waals surface area contributed by atoms with E-state index in [9.17, 15) is 4.79 Å². The van der Waals surface area contributed by atoms with Crippen LogP contribution in [0.1, 0.15) is 27.0 Å². The van der Waals surface area contributed by atoms with Crippen LogP contribution in [0, 0.1) is 18.3 Å². The fourth-order valence-electron chi connectivity index (χ4n) is 2.23. The average Bonchev–Trinajstić information content (AvgIpc) is 2.59. The number of hydrogen-bond acceptors (Lipinski definition) is 4. The molecule has 0 heterocycles. The zero-order valence-electron chi connectivity index (χ0n) is 13.0. The molecule has 1 amide bonds. The lowest BCUT2D eigenvalue weighted by atomic mass is 10.1. The summed E-state index contributed by atoms with van der Waals surface area (Å²) in [5, 5.41) is 23.5. The first-order valence-corrected chi connectivity index (χ1v) is 7.37. The lowest BCUT2D eigenvalue weighted by molar-refractivity contribution is 0.0944. The molecule has 5 heteroatoms. The van der Waals surface area contributed by atoms with Crippen LogP contribution in [0.2, 0.25) is 0 Å². The number of nitriles is 1. The molecule has 0 spiro atoms. The summed E-state index contributed by atoms with van der Waals surface area (Å²) in [5.41, 5.74) is 4.01. The molecule has 0 aliphatic rings. The molecule has 3 N–H and O–H groups in total. The summed E-state index contributed by atoms with van der Waals surface area (Å²) in [7, 11) is 0. The molecule has 0 unspecified atom stereocenters. The van der Waals surface area contributed by atoms with Crippen LogP contribution in [-0.2, 0) is 6.54 Å². The van der Waals surface area contributed by atoms with Gasteiger partial charge in [0.25, 0.3) is 5.91 Å². The van der Waals surface area contributed by atoms with Gasteiger partial charge in [-0.25, -0.2) is 0 Å². The monoisotopic (exact) mass is 309 g/mol. The molecule has 0 radical (unpaired) electrons. The fraction of sp³-hybridized carbons (Fsp3) is 0.222. The van der Waals surface area contributed by atoms with Gasteiger partial charge in [-0.05, 0) is 42.3 Å². The van der Waals surface area contributed by atoms with Crippen molar-refractivity contribution in [3.8, 4) is 6.07 Å². The fourth-order valence-corrected chi connectivity index (χ4v) is 2.23. The van der Waals surface area contributed by atoms with Crippen molar-refractivity contribution < 1.29 is 9.90 Å². The highest BCUT2D eigenvalue weighted by Gasteiger charge is 2.10. The Balaban J connectivity index is 2.08. The van der Waals surface area contributed by atoms with Gasteiger partial charge in [-0.3, -0.25) is 4.79 Å². The minimum absolute atomic E-state index is 0.0819. The number of hydrogen-bond donors (Lipinski definition) is 3. The Bertz CT molecular complexity index is 718. The number of carbonyl (C=O) groups excluding carboxylic acids is 1. The number of nitrogens with zero attached hydrogens (tertiary/aromatic N) is 1. The Hall–Kier alpha value is -2.84. The third kappa shape index (κ3) is 4.31. The summed E-state index contributed by atoms with van der Waals surface area (Å²) in [4.78, 5) is 12.0. The summed E-state index contributed by atoms with van der Waals surface area (Å²) in [5.74, 6) is -0.196. The molecule has 0 saturated carbocycles. The van der Waals surface area contributed by atoms with Gasteiger partial charge in [-0.15, -0.1) is 0 Å². The van der Waals surface area contributed by atoms with E-state index in [1.54, 1.807) is 18.2 Å². The molecule has 2 aromatic rings. The highest BCUT2D eigenvalue weighted by molar-refractivity contribution is 5.97. The number of rotatable bonds is 6. The van der Waals surface area contributed by atoms with E-state index in [1.807, 2.05) is 31.2 Å². The van der Waals surface area contributed by atoms with Gasteiger partial charge < -0.3 is 15.7 Å². The van der Waals surface area contributed by atoms with Crippen molar-refractivity contribution >= 4 is 11.6 Å². The molecule has 2 aromatic carbocycles. The summed E-state index contributed by atoms with van der Waals surface area (Å²) < 4.78 is 0. The SMILES string of the molecule is Cc1c(NCc2ccc(C#N)cc2)cccc1C(=O)NCCO. The summed E-state index contributed by atoms with van der Waals surface area (Å²) in [6.07, 6.45) is 0. The topological polar surface area (TPSA) is 85.2 Å². The predicted octanol–water partition coefficient (Wildman–Crippen LogP) is 2.20. The molecular formula is C18H19N3O2. The molecule has 0 fully saturated rings. The first kappa shape index (κ1) is 16.5. The number of carbonyl (C=O) groups is 1. The maximum absolute atomic E-state index is 12.0. The van der Waals surface area contributed by atoms with Crippen LogP contribution in [0.25, 0.3) is 0 Å². The predicted molar refractivity (Wildman–Crippen MR) is 89.1 cm³/mol. The molecule has 0 atom stereocenters. The van der Waals surface area contributed by atoms with E-state index in [0.717, 1.165) is 16.8 Å². The smallest absolute Gasteiger partial charge is 0.251 e. The molecule has 23 heavy (non-hydrogen) atoms. The minimum Gasteiger partial charge on any atom is -0.395 e. The van der Waals surface area contributed by atoms with Crippen molar-refractivity contribution in [3.05, 3.63) is 64.7 Å². The van der Waals surface area contributed by atoms with E-state index in [4.69, 9.17) is 10.4 Å². The zero-order valence-corrected chi connectivity index (χ0v) is 13.0. The second-order valence-electron chi connectivity index (χ2n) is 5.12. The highest BCUT2D eigenvalue weighted by atomic mass is 16.3. The van der Waals surface area contributed by atoms with E-state index in [-0.39, 0.29) is 19.1 Å². The Kier molecular flexibility index (Phi) is 5.73. The van der Waals surface area contributed by atoms with Gasteiger partial charge in [0.1, 0.15) is 0 Å². The summed E-state index contributed by atoms with van der Waals surface area (Å²) >= 11 is 0. The standard InChI is InChI=1S/C18H19N3O2/c1-13-16(18(23)20-9-10-22)3-2-4-17(13)21-12-15-7-5-14(11-19)6-8-15/h2-8,21-22H,9-10,12H2,1H3,(H,20,23). The van der Waals surface area contributed by atoms with Gasteiger partial charge in [0, 0.05) is 24.3 Å². The van der Waals surface area contributed by atoms with Crippen LogP contribution < -0.4 is 10.6 Å². The van der Waals surface area contributed by atoms with Crippen molar-refractivity contribution in [2.75, 3.05) is 18.5 Å². The van der Waals surface area contributed by atoms with E-state index >= 15 is 0 Å². The quantitative estimate of drug-likeness (QED) is 0.763. The van der Waals surface area contributed by atoms with E-state index < -0.39 is 0 Å². The third-order valence-corrected chi connectivity index (χ3v) is 3.54. The van der Waals surface area contributed by atoms with Gasteiger partial charge in [0.05, 0.1) is 18.2 Å². The largest absolute Gasteiger partial charge is 0.395 e. The highest BCUT2D eigenvalue weighted by Crippen LogP contribution is 2.20. The summed E-state index contributed by atoms with van der Waals surface area (Å²) in [6.45, 7) is 2.64. The number of benzene rings is 2. The van der Waals surface area contributed by atoms with Crippen LogP contribution in [0.4, 0.5) is 5.69 Å². The molecule has 0 aliphatic carbocycles. The molecule has 0 saturated heterocycles. The maximum atomic E-state index is 12.0. The van der Waals surface area contributed by atoms with Gasteiger partial charge in [0.2, 0.25) is 0 Å². The Morgan fingerprint density at radius 3 is 2.61 bits per heavy atom. The Labute approximate surface area is 135 Å². The first-order valence-electron chi connectivity index (χ1n) is 7.37. The second-order valence-corrected chi connectivity index (χ2v) is 5.12. The van der Waals surface area contributed by atoms with Gasteiger partial charge in [0.15, 0.2) is 0 Å². The van der Waals surface area contributed by atoms with E-state index in [2.05, 4.69) is 16.7 Å². The van der Waals surface area contributed by atoms with Gasteiger partial charge in [-0.1, -0.05) is 18.2 Å². The Morgan fingerprint density at radius 2 is 1.96 bits per heavy atom. The second kappa shape index (κ2) is 7.97. The van der Waals surface area contributed by atoms with Crippen LogP contribution in [-0.4, -0.2) is 24.2 Å². The van der Waals surface area contributed by atoms with Crippen molar-refractivity contribution in [1.29, 1.82) is 5.26 Å².